The molecule has 4 rings (SSSR count). The van der Waals surface area contributed by atoms with E-state index in [2.05, 4.69) is 27.0 Å². The van der Waals surface area contributed by atoms with Gasteiger partial charge in [0.1, 0.15) is 0 Å². The monoisotopic (exact) mass is 335 g/mol. The van der Waals surface area contributed by atoms with E-state index in [0.717, 1.165) is 16.8 Å². The predicted octanol–water partition coefficient (Wildman–Crippen LogP) is 3.67. The molecule has 0 spiro atoms. The lowest BCUT2D eigenvalue weighted by Crippen LogP contribution is -2.14. The molecule has 25 heavy (non-hydrogen) atoms. The number of para-hydroxylation sites is 1. The maximum atomic E-state index is 11.0. The van der Waals surface area contributed by atoms with Crippen LogP contribution in [0.25, 0.3) is 11.3 Å². The topological polar surface area (TPSA) is 87.4 Å². The van der Waals surface area contributed by atoms with Crippen molar-refractivity contribution in [3.63, 3.8) is 0 Å². The molecule has 1 amide bonds. The molecule has 0 saturated heterocycles. The van der Waals surface area contributed by atoms with Gasteiger partial charge in [0.15, 0.2) is 0 Å². The first-order valence-corrected chi connectivity index (χ1v) is 8.03. The molecule has 2 unspecified atom stereocenters. The highest BCUT2D eigenvalue weighted by molar-refractivity contribution is 5.84. The van der Waals surface area contributed by atoms with Crippen LogP contribution in [0.3, 0.4) is 0 Å². The van der Waals surface area contributed by atoms with Gasteiger partial charge in [-0.1, -0.05) is 42.5 Å². The third-order valence-electron chi connectivity index (χ3n) is 4.61. The SMILES string of the molecule is O=C(O)Nc1ccccc1C(O)CC1c2ccccc2-c2cncn21. The zero-order valence-corrected chi connectivity index (χ0v) is 13.3. The number of nitrogens with one attached hydrogen (secondary N) is 1. The van der Waals surface area contributed by atoms with Crippen molar-refractivity contribution in [1.29, 1.82) is 0 Å². The van der Waals surface area contributed by atoms with Crippen LogP contribution in [0.15, 0.2) is 61.1 Å². The molecule has 2 atom stereocenters. The van der Waals surface area contributed by atoms with Crippen LogP contribution in [0.1, 0.15) is 29.7 Å². The smallest absolute Gasteiger partial charge is 0.409 e. The molecule has 6 nitrogen and oxygen atoms in total. The second-order valence-electron chi connectivity index (χ2n) is 6.06. The van der Waals surface area contributed by atoms with Gasteiger partial charge in [0.05, 0.1) is 30.4 Å². The van der Waals surface area contributed by atoms with Gasteiger partial charge in [-0.3, -0.25) is 5.32 Å². The van der Waals surface area contributed by atoms with Crippen LogP contribution in [0.4, 0.5) is 10.5 Å². The lowest BCUT2D eigenvalue weighted by atomic mass is 9.95. The first kappa shape index (κ1) is 15.4. The standard InChI is InChI=1S/C19H17N3O3/c23-18(14-7-3-4-8-15(14)21-19(24)25)9-16-12-5-1-2-6-13(12)17-10-20-11-22(16)17/h1-8,10-11,16,18,21,23H,9H2,(H,24,25). The van der Waals surface area contributed by atoms with E-state index in [1.165, 1.54) is 0 Å². The number of aliphatic hydroxyl groups is 1. The van der Waals surface area contributed by atoms with Gasteiger partial charge >= 0.3 is 6.09 Å². The van der Waals surface area contributed by atoms with Crippen molar-refractivity contribution in [2.45, 2.75) is 18.6 Å². The fourth-order valence-electron chi connectivity index (χ4n) is 3.53. The normalized spacial score (nSPS) is 16.1. The third kappa shape index (κ3) is 2.66. The van der Waals surface area contributed by atoms with Crippen LogP contribution in [0, 0.1) is 0 Å². The minimum atomic E-state index is -1.15. The summed E-state index contributed by atoms with van der Waals surface area (Å²) in [7, 11) is 0. The Kier molecular flexibility index (Phi) is 3.74. The summed E-state index contributed by atoms with van der Waals surface area (Å²) in [4.78, 5) is 15.2. The second kappa shape index (κ2) is 6.07. The number of aliphatic hydroxyl groups excluding tert-OH is 1. The van der Waals surface area contributed by atoms with E-state index >= 15 is 0 Å². The number of anilines is 1. The molecule has 126 valence electrons. The Labute approximate surface area is 144 Å². The summed E-state index contributed by atoms with van der Waals surface area (Å²) in [6, 6.07) is 15.0. The maximum Gasteiger partial charge on any atom is 0.409 e. The van der Waals surface area contributed by atoms with E-state index in [1.807, 2.05) is 18.3 Å². The molecule has 1 aromatic heterocycles. The Morgan fingerprint density at radius 3 is 2.80 bits per heavy atom. The van der Waals surface area contributed by atoms with Crippen LogP contribution in [0.5, 0.6) is 0 Å². The predicted molar refractivity (Wildman–Crippen MR) is 93.5 cm³/mol. The van der Waals surface area contributed by atoms with E-state index in [-0.39, 0.29) is 6.04 Å². The molecule has 0 aliphatic carbocycles. The summed E-state index contributed by atoms with van der Waals surface area (Å²) in [5.41, 5.74) is 4.26. The fraction of sp³-hybridized carbons (Fsp3) is 0.158. The van der Waals surface area contributed by atoms with Crippen molar-refractivity contribution in [1.82, 2.24) is 9.55 Å². The Bertz CT molecular complexity index is 935. The molecule has 0 fully saturated rings. The highest BCUT2D eigenvalue weighted by atomic mass is 16.4. The molecular weight excluding hydrogens is 318 g/mol. The van der Waals surface area contributed by atoms with Gasteiger partial charge in [-0.2, -0.15) is 0 Å². The molecule has 2 aromatic carbocycles. The average Bonchev–Trinajstić information content (AvgIpc) is 3.18. The van der Waals surface area contributed by atoms with Crippen molar-refractivity contribution in [2.75, 3.05) is 5.32 Å². The third-order valence-corrected chi connectivity index (χ3v) is 4.61. The average molecular weight is 335 g/mol. The first-order valence-electron chi connectivity index (χ1n) is 8.03. The molecule has 0 radical (unpaired) electrons. The highest BCUT2D eigenvalue weighted by Gasteiger charge is 2.30. The molecule has 3 N–H and O–H groups in total. The minimum Gasteiger partial charge on any atom is -0.465 e. The van der Waals surface area contributed by atoms with Crippen molar-refractivity contribution < 1.29 is 15.0 Å². The van der Waals surface area contributed by atoms with Crippen molar-refractivity contribution in [3.05, 3.63) is 72.2 Å². The van der Waals surface area contributed by atoms with Crippen LogP contribution >= 0.6 is 0 Å². The number of rotatable bonds is 4. The number of carboxylic acid groups (broad SMARTS) is 1. The van der Waals surface area contributed by atoms with Crippen LogP contribution in [-0.4, -0.2) is 25.9 Å². The molecule has 6 heteroatoms. The summed E-state index contributed by atoms with van der Waals surface area (Å²) in [5, 5.41) is 22.1. The van der Waals surface area contributed by atoms with Gasteiger partial charge in [0.25, 0.3) is 0 Å². The number of aromatic nitrogens is 2. The zero-order chi connectivity index (χ0) is 17.4. The quantitative estimate of drug-likeness (QED) is 0.679. The molecule has 0 bridgehead atoms. The number of fused-ring (bicyclic) bond motifs is 3. The van der Waals surface area contributed by atoms with E-state index in [0.29, 0.717) is 17.7 Å². The lowest BCUT2D eigenvalue weighted by Gasteiger charge is -2.21. The molecular formula is C19H17N3O3. The van der Waals surface area contributed by atoms with E-state index in [4.69, 9.17) is 5.11 Å². The number of imidazole rings is 1. The van der Waals surface area contributed by atoms with Gasteiger partial charge in [-0.25, -0.2) is 9.78 Å². The van der Waals surface area contributed by atoms with Crippen molar-refractivity contribution in [3.8, 4) is 11.3 Å². The Morgan fingerprint density at radius 2 is 1.96 bits per heavy atom. The first-order chi connectivity index (χ1) is 12.1. The lowest BCUT2D eigenvalue weighted by molar-refractivity contribution is 0.154. The summed E-state index contributed by atoms with van der Waals surface area (Å²) in [6.07, 6.45) is 2.06. The molecule has 3 aromatic rings. The molecule has 0 saturated carbocycles. The summed E-state index contributed by atoms with van der Waals surface area (Å²) < 4.78 is 2.06. The Morgan fingerprint density at radius 1 is 1.20 bits per heavy atom. The number of benzene rings is 2. The van der Waals surface area contributed by atoms with Crippen molar-refractivity contribution in [2.24, 2.45) is 0 Å². The Hall–Kier alpha value is -3.12. The number of nitrogens with zero attached hydrogens (tertiary/aromatic N) is 2. The zero-order valence-electron chi connectivity index (χ0n) is 13.3. The van der Waals surface area contributed by atoms with Crippen LogP contribution in [-0.2, 0) is 0 Å². The molecule has 2 heterocycles. The summed E-state index contributed by atoms with van der Waals surface area (Å²) in [5.74, 6) is 0. The van der Waals surface area contributed by atoms with Gasteiger partial charge in [-0.05, 0) is 11.6 Å². The van der Waals surface area contributed by atoms with E-state index in [1.54, 1.807) is 30.6 Å². The van der Waals surface area contributed by atoms with Crippen LogP contribution in [0.2, 0.25) is 0 Å². The van der Waals surface area contributed by atoms with Gasteiger partial charge in [-0.15, -0.1) is 0 Å². The largest absolute Gasteiger partial charge is 0.465 e. The molecule has 1 aliphatic rings. The molecule has 1 aliphatic heterocycles. The van der Waals surface area contributed by atoms with Gasteiger partial charge < -0.3 is 14.8 Å². The van der Waals surface area contributed by atoms with Crippen molar-refractivity contribution >= 4 is 11.8 Å². The number of carbonyl (C=O) groups is 1. The number of amides is 1. The number of hydrogen-bond donors (Lipinski definition) is 3. The van der Waals surface area contributed by atoms with Crippen LogP contribution < -0.4 is 5.32 Å². The van der Waals surface area contributed by atoms with E-state index in [9.17, 15) is 9.90 Å². The Balaban J connectivity index is 1.67. The highest BCUT2D eigenvalue weighted by Crippen LogP contribution is 2.43. The summed E-state index contributed by atoms with van der Waals surface area (Å²) in [6.45, 7) is 0. The summed E-state index contributed by atoms with van der Waals surface area (Å²) >= 11 is 0. The van der Waals surface area contributed by atoms with E-state index < -0.39 is 12.2 Å². The van der Waals surface area contributed by atoms with Gasteiger partial charge in [0.2, 0.25) is 0 Å². The fourth-order valence-corrected chi connectivity index (χ4v) is 3.53. The number of hydrogen-bond acceptors (Lipinski definition) is 3. The second-order valence-corrected chi connectivity index (χ2v) is 6.06. The van der Waals surface area contributed by atoms with Gasteiger partial charge in [0, 0.05) is 23.2 Å². The maximum absolute atomic E-state index is 11.0. The minimum absolute atomic E-state index is 0.0402.